The Kier molecular flexibility index (Phi) is 6.70. The zero-order valence-corrected chi connectivity index (χ0v) is 25.1. The summed E-state index contributed by atoms with van der Waals surface area (Å²) in [5.74, 6) is 0.251. The monoisotopic (exact) mass is 590 g/mol. The lowest BCUT2D eigenvalue weighted by Crippen LogP contribution is -2.63. The predicted octanol–water partition coefficient (Wildman–Crippen LogP) is 4.75. The van der Waals surface area contributed by atoms with E-state index >= 15 is 0 Å². The van der Waals surface area contributed by atoms with Crippen LogP contribution in [0.1, 0.15) is 59.3 Å². The largest absolute Gasteiger partial charge is 0.393 e. The highest BCUT2D eigenvalue weighted by Crippen LogP contribution is 2.69. The van der Waals surface area contributed by atoms with Gasteiger partial charge in [0.05, 0.1) is 28.9 Å². The Balaban J connectivity index is 1.22. The van der Waals surface area contributed by atoms with Crippen molar-refractivity contribution >= 4 is 34.2 Å². The lowest BCUT2D eigenvalue weighted by Gasteiger charge is -2.59. The van der Waals surface area contributed by atoms with Crippen LogP contribution in [0.15, 0.2) is 58.0 Å². The molecule has 2 aromatic rings. The van der Waals surface area contributed by atoms with Crippen LogP contribution in [0.3, 0.4) is 0 Å². The van der Waals surface area contributed by atoms with Gasteiger partial charge in [0.2, 0.25) is 0 Å². The van der Waals surface area contributed by atoms with E-state index in [2.05, 4.69) is 30.7 Å². The van der Waals surface area contributed by atoms with Crippen LogP contribution in [-0.2, 0) is 19.1 Å². The molecule has 9 atom stereocenters. The first-order valence-corrected chi connectivity index (χ1v) is 16.2. The van der Waals surface area contributed by atoms with E-state index in [1.54, 1.807) is 30.4 Å². The molecule has 0 amide bonds. The number of ether oxygens (including phenoxy) is 2. The molecule has 5 unspecified atom stereocenters. The van der Waals surface area contributed by atoms with E-state index in [4.69, 9.17) is 9.47 Å². The van der Waals surface area contributed by atoms with Gasteiger partial charge in [-0.1, -0.05) is 62.7 Å². The number of fused-ring (bicyclic) bond motifs is 8. The number of aliphatic hydroxyl groups excluding tert-OH is 1. The summed E-state index contributed by atoms with van der Waals surface area (Å²) < 4.78 is 13.3. The number of nitrogens with zero attached hydrogens (tertiary/aromatic N) is 1. The maximum atomic E-state index is 14.5. The number of Topliss-reactive ketones (excluding diaryl/α,β-unsaturated/α-hetero) is 1. The van der Waals surface area contributed by atoms with E-state index in [9.17, 15) is 19.5 Å². The zero-order valence-electron chi connectivity index (χ0n) is 24.3. The summed E-state index contributed by atoms with van der Waals surface area (Å²) in [7, 11) is 0. The first-order valence-electron chi connectivity index (χ1n) is 15.2. The molecule has 0 spiro atoms. The number of hydrogen-bond donors (Lipinski definition) is 2. The number of benzene rings is 1. The molecular weight excluding hydrogens is 552 g/mol. The highest BCUT2D eigenvalue weighted by Gasteiger charge is 2.75. The minimum atomic E-state index is -1.19. The van der Waals surface area contributed by atoms with Crippen LogP contribution in [0.4, 0.5) is 0 Å². The second kappa shape index (κ2) is 9.97. The summed E-state index contributed by atoms with van der Waals surface area (Å²) in [6.07, 6.45) is 8.21. The summed E-state index contributed by atoms with van der Waals surface area (Å²) in [5, 5.41) is 12.8. The normalized spacial score (nSPS) is 40.3. The topological polar surface area (TPSA) is 119 Å². The van der Waals surface area contributed by atoms with Crippen LogP contribution < -0.4 is 5.56 Å². The molecule has 2 N–H and O–H groups in total. The van der Waals surface area contributed by atoms with Gasteiger partial charge in [-0.15, -0.1) is 0 Å². The number of rotatable bonds is 6. The van der Waals surface area contributed by atoms with Crippen LogP contribution in [0.25, 0.3) is 10.9 Å². The molecule has 9 heteroatoms. The number of thioether (sulfide) groups is 1. The second-order valence-corrected chi connectivity index (χ2v) is 14.2. The van der Waals surface area contributed by atoms with E-state index in [-0.39, 0.29) is 46.0 Å². The maximum absolute atomic E-state index is 14.5. The molecule has 1 saturated heterocycles. The van der Waals surface area contributed by atoms with Gasteiger partial charge in [-0.2, -0.15) is 0 Å². The summed E-state index contributed by atoms with van der Waals surface area (Å²) >= 11 is 1.22. The van der Waals surface area contributed by atoms with Crippen molar-refractivity contribution in [3.05, 3.63) is 58.4 Å². The zero-order chi connectivity index (χ0) is 29.4. The SMILES string of the molecule is CCC[C@@H]1O[C@@H]2CC3C4CCC5=CC(=O)C=CC5(C)C4[C@@H](O)CC3(C)[C@]2(C(=O)CSc2nc3ccccc3c(=O)[nH]2)O1. The molecule has 1 aromatic carbocycles. The molecule has 42 heavy (non-hydrogen) atoms. The third kappa shape index (κ3) is 3.92. The van der Waals surface area contributed by atoms with Crippen molar-refractivity contribution in [1.82, 2.24) is 9.97 Å². The number of aromatic nitrogens is 2. The van der Waals surface area contributed by atoms with Crippen molar-refractivity contribution in [2.24, 2.45) is 28.6 Å². The van der Waals surface area contributed by atoms with Gasteiger partial charge in [-0.3, -0.25) is 14.4 Å². The van der Waals surface area contributed by atoms with Crippen molar-refractivity contribution in [3.63, 3.8) is 0 Å². The van der Waals surface area contributed by atoms with Gasteiger partial charge < -0.3 is 19.6 Å². The third-order valence-electron chi connectivity index (χ3n) is 11.2. The number of allylic oxidation sites excluding steroid dienone is 4. The Morgan fingerprint density at radius 1 is 1.24 bits per heavy atom. The number of aromatic amines is 1. The summed E-state index contributed by atoms with van der Waals surface area (Å²) in [6, 6.07) is 7.16. The molecule has 1 aromatic heterocycles. The first kappa shape index (κ1) is 28.2. The molecule has 7 rings (SSSR count). The number of aliphatic hydroxyl groups is 1. The van der Waals surface area contributed by atoms with E-state index in [1.165, 1.54) is 11.8 Å². The molecular formula is C33H38N2O6S. The number of carbonyl (C=O) groups is 2. The smallest absolute Gasteiger partial charge is 0.259 e. The van der Waals surface area contributed by atoms with E-state index < -0.39 is 29.5 Å². The first-order chi connectivity index (χ1) is 20.1. The van der Waals surface area contributed by atoms with E-state index in [0.717, 1.165) is 24.8 Å². The molecule has 222 valence electrons. The summed E-state index contributed by atoms with van der Waals surface area (Å²) in [5.41, 5.74) is -0.754. The Morgan fingerprint density at radius 2 is 2.05 bits per heavy atom. The average Bonchev–Trinajstić information content (AvgIpc) is 3.44. The molecule has 5 aliphatic rings. The minimum absolute atomic E-state index is 0.0134. The highest BCUT2D eigenvalue weighted by atomic mass is 32.2. The number of nitrogens with one attached hydrogen (secondary N) is 1. The molecule has 3 saturated carbocycles. The highest BCUT2D eigenvalue weighted by molar-refractivity contribution is 7.99. The van der Waals surface area contributed by atoms with Crippen LogP contribution in [0.2, 0.25) is 0 Å². The lowest BCUT2D eigenvalue weighted by molar-refractivity contribution is -0.197. The Labute approximate surface area is 249 Å². The van der Waals surface area contributed by atoms with Crippen molar-refractivity contribution in [2.75, 3.05) is 5.75 Å². The molecule has 0 radical (unpaired) electrons. The van der Waals surface area contributed by atoms with E-state index in [0.29, 0.717) is 35.3 Å². The Hall–Kier alpha value is -2.59. The number of ketones is 2. The maximum Gasteiger partial charge on any atom is 0.259 e. The van der Waals surface area contributed by atoms with Crippen molar-refractivity contribution in [1.29, 1.82) is 0 Å². The molecule has 8 nitrogen and oxygen atoms in total. The van der Waals surface area contributed by atoms with Gasteiger partial charge in [0.1, 0.15) is 0 Å². The molecule has 4 fully saturated rings. The van der Waals surface area contributed by atoms with Crippen molar-refractivity contribution in [2.45, 2.75) is 88.6 Å². The Bertz CT molecular complexity index is 1580. The standard InChI is InChI=1S/C33H38N2O6S/c1-4-7-27-40-26-15-22-20-11-10-18-14-19(36)12-13-31(18,2)28(20)24(37)16-32(22,3)33(26,41-27)25(38)17-42-30-34-23-9-6-5-8-21(23)29(39)35-30/h5-6,8-9,12-14,20,22,24,26-28,37H,4,7,10-11,15-17H2,1-3H3,(H,34,35,39)/t20?,22?,24-,26+,27+,28?,31?,32?,33+/m0/s1. The summed E-state index contributed by atoms with van der Waals surface area (Å²) in [4.78, 5) is 46.7. The fourth-order valence-corrected chi connectivity index (χ4v) is 10.2. The Morgan fingerprint density at radius 3 is 2.86 bits per heavy atom. The lowest BCUT2D eigenvalue weighted by atomic mass is 9.46. The van der Waals surface area contributed by atoms with Gasteiger partial charge in [0, 0.05) is 16.7 Å². The predicted molar refractivity (Wildman–Crippen MR) is 159 cm³/mol. The van der Waals surface area contributed by atoms with Crippen molar-refractivity contribution < 1.29 is 24.2 Å². The molecule has 1 aliphatic heterocycles. The number of para-hydroxylation sites is 1. The van der Waals surface area contributed by atoms with Crippen LogP contribution in [0, 0.1) is 28.6 Å². The quantitative estimate of drug-likeness (QED) is 0.366. The van der Waals surface area contributed by atoms with Gasteiger partial charge in [0.15, 0.2) is 28.6 Å². The number of H-pyrrole nitrogens is 1. The van der Waals surface area contributed by atoms with E-state index in [1.807, 2.05) is 12.1 Å². The van der Waals surface area contributed by atoms with Gasteiger partial charge >= 0.3 is 0 Å². The number of carbonyl (C=O) groups excluding carboxylic acids is 2. The average molecular weight is 591 g/mol. The van der Waals surface area contributed by atoms with Gasteiger partial charge in [-0.05, 0) is 68.2 Å². The van der Waals surface area contributed by atoms with Crippen molar-refractivity contribution in [3.8, 4) is 0 Å². The second-order valence-electron chi connectivity index (χ2n) is 13.2. The van der Waals surface area contributed by atoms with Crippen LogP contribution >= 0.6 is 11.8 Å². The third-order valence-corrected chi connectivity index (χ3v) is 12.0. The fourth-order valence-electron chi connectivity index (χ4n) is 9.38. The van der Waals surface area contributed by atoms with Crippen LogP contribution in [-0.4, -0.2) is 56.5 Å². The van der Waals surface area contributed by atoms with Gasteiger partial charge in [0.25, 0.3) is 5.56 Å². The molecule has 4 aliphatic carbocycles. The minimum Gasteiger partial charge on any atom is -0.393 e. The number of hydrogen-bond acceptors (Lipinski definition) is 8. The van der Waals surface area contributed by atoms with Crippen LogP contribution in [0.5, 0.6) is 0 Å². The van der Waals surface area contributed by atoms with Gasteiger partial charge in [-0.25, -0.2) is 4.98 Å². The molecule has 0 bridgehead atoms. The summed E-state index contributed by atoms with van der Waals surface area (Å²) in [6.45, 7) is 6.35. The molecule has 2 heterocycles. The fraction of sp³-hybridized carbons (Fsp3) is 0.576.